The second-order valence-corrected chi connectivity index (χ2v) is 6.30. The Morgan fingerprint density at radius 2 is 1.79 bits per heavy atom. The summed E-state index contributed by atoms with van der Waals surface area (Å²) in [4.78, 5) is 4.29. The van der Waals surface area contributed by atoms with Crippen LogP contribution in [0, 0.1) is 0 Å². The third kappa shape index (κ3) is 7.88. The lowest BCUT2D eigenvalue weighted by Crippen LogP contribution is -2.31. The van der Waals surface area contributed by atoms with Crippen molar-refractivity contribution in [2.75, 3.05) is 46.3 Å². The molecule has 0 bridgehead atoms. The van der Waals surface area contributed by atoms with Gasteiger partial charge in [-0.1, -0.05) is 18.2 Å². The molecule has 0 spiro atoms. The maximum absolute atomic E-state index is 5.74. The van der Waals surface area contributed by atoms with Crippen molar-refractivity contribution in [3.63, 3.8) is 0 Å². The van der Waals surface area contributed by atoms with Gasteiger partial charge in [0.25, 0.3) is 0 Å². The molecule has 0 aliphatic carbocycles. The van der Waals surface area contributed by atoms with E-state index in [1.54, 1.807) is 21.3 Å². The van der Waals surface area contributed by atoms with Crippen molar-refractivity contribution in [3.05, 3.63) is 54.1 Å². The van der Waals surface area contributed by atoms with Crippen LogP contribution in [-0.4, -0.2) is 47.0 Å². The molecule has 0 saturated heterocycles. The second-order valence-electron chi connectivity index (χ2n) is 6.30. The van der Waals surface area contributed by atoms with Crippen molar-refractivity contribution < 1.29 is 14.2 Å². The molecule has 0 unspecified atom stereocenters. The number of guanidine groups is 1. The quantitative estimate of drug-likeness (QED) is 0.351. The Labute approximate surface area is 167 Å². The largest absolute Gasteiger partial charge is 0.497 e. The summed E-state index contributed by atoms with van der Waals surface area (Å²) in [7, 11) is 5.15. The minimum atomic E-state index is 0.633. The number of nitrogens with zero attached hydrogens (tertiary/aromatic N) is 1. The molecule has 0 aliphatic rings. The molecule has 0 radical (unpaired) electrons. The molecular weight excluding hydrogens is 354 g/mol. The van der Waals surface area contributed by atoms with Gasteiger partial charge in [0.1, 0.15) is 11.5 Å². The zero-order valence-corrected chi connectivity index (χ0v) is 17.0. The van der Waals surface area contributed by atoms with Crippen molar-refractivity contribution in [2.45, 2.75) is 19.3 Å². The summed E-state index contributed by atoms with van der Waals surface area (Å²) in [5.74, 6) is 2.46. The highest BCUT2D eigenvalue weighted by Crippen LogP contribution is 2.17. The molecule has 28 heavy (non-hydrogen) atoms. The van der Waals surface area contributed by atoms with E-state index in [4.69, 9.17) is 14.2 Å². The molecule has 0 amide bonds. The molecule has 0 atom stereocenters. The number of rotatable bonds is 11. The maximum atomic E-state index is 5.74. The molecule has 0 aliphatic heterocycles. The zero-order chi connectivity index (χ0) is 20.0. The molecule has 0 aromatic heterocycles. The van der Waals surface area contributed by atoms with Gasteiger partial charge >= 0.3 is 0 Å². The molecule has 0 fully saturated rings. The van der Waals surface area contributed by atoms with Crippen LogP contribution in [0.25, 0.3) is 0 Å². The molecule has 6 nitrogen and oxygen atoms in total. The average Bonchev–Trinajstić information content (AvgIpc) is 2.74. The molecule has 0 heterocycles. The number of hydrogen-bond acceptors (Lipinski definition) is 4. The van der Waals surface area contributed by atoms with Crippen LogP contribution < -0.4 is 20.1 Å². The van der Waals surface area contributed by atoms with Crippen LogP contribution in [0.5, 0.6) is 11.5 Å². The van der Waals surface area contributed by atoms with Crippen LogP contribution in [0.3, 0.4) is 0 Å². The van der Waals surface area contributed by atoms with Crippen LogP contribution in [0.1, 0.15) is 18.4 Å². The Balaban J connectivity index is 1.76. The van der Waals surface area contributed by atoms with Gasteiger partial charge in [-0.25, -0.2) is 0 Å². The lowest BCUT2D eigenvalue weighted by atomic mass is 10.1. The van der Waals surface area contributed by atoms with Gasteiger partial charge in [-0.3, -0.25) is 4.99 Å². The number of nitrogens with one attached hydrogen (secondary N) is 2. The summed E-state index contributed by atoms with van der Waals surface area (Å²) < 4.78 is 16.0. The topological polar surface area (TPSA) is 64.1 Å². The smallest absolute Gasteiger partial charge is 0.195 e. The fourth-order valence-electron chi connectivity index (χ4n) is 2.70. The lowest BCUT2D eigenvalue weighted by molar-refractivity contribution is 0.172. The molecule has 2 N–H and O–H groups in total. The van der Waals surface area contributed by atoms with E-state index in [1.807, 2.05) is 36.4 Å². The molecule has 2 aromatic rings. The second kappa shape index (κ2) is 12.6. The first kappa shape index (κ1) is 21.6. The van der Waals surface area contributed by atoms with Gasteiger partial charge in [-0.2, -0.15) is 0 Å². The SMILES string of the molecule is CN=C(NCCCc1cccc(OC)c1)Nc1cccc(OCCCOC)c1. The fraction of sp³-hybridized carbons (Fsp3) is 0.409. The van der Waals surface area contributed by atoms with E-state index in [-0.39, 0.29) is 0 Å². The van der Waals surface area contributed by atoms with Gasteiger partial charge in [-0.05, 0) is 42.7 Å². The minimum Gasteiger partial charge on any atom is -0.497 e. The van der Waals surface area contributed by atoms with E-state index in [1.165, 1.54) is 5.56 Å². The van der Waals surface area contributed by atoms with E-state index in [0.717, 1.165) is 49.0 Å². The van der Waals surface area contributed by atoms with Crippen molar-refractivity contribution in [1.29, 1.82) is 0 Å². The summed E-state index contributed by atoms with van der Waals surface area (Å²) in [6.07, 6.45) is 2.84. The molecule has 2 aromatic carbocycles. The Morgan fingerprint density at radius 1 is 0.964 bits per heavy atom. The molecule has 2 rings (SSSR count). The highest BCUT2D eigenvalue weighted by Gasteiger charge is 2.02. The number of hydrogen-bond donors (Lipinski definition) is 2. The molecule has 6 heteroatoms. The van der Waals surface area contributed by atoms with E-state index < -0.39 is 0 Å². The zero-order valence-electron chi connectivity index (χ0n) is 17.0. The normalized spacial score (nSPS) is 11.2. The van der Waals surface area contributed by atoms with E-state index in [0.29, 0.717) is 13.2 Å². The Bertz CT molecular complexity index is 734. The lowest BCUT2D eigenvalue weighted by Gasteiger charge is -2.13. The van der Waals surface area contributed by atoms with Gasteiger partial charge < -0.3 is 24.8 Å². The van der Waals surface area contributed by atoms with E-state index in [9.17, 15) is 0 Å². The average molecular weight is 386 g/mol. The van der Waals surface area contributed by atoms with Gasteiger partial charge in [-0.15, -0.1) is 0 Å². The molecule has 152 valence electrons. The van der Waals surface area contributed by atoms with E-state index >= 15 is 0 Å². The number of aliphatic imine (C=N–C) groups is 1. The fourth-order valence-corrected chi connectivity index (χ4v) is 2.70. The van der Waals surface area contributed by atoms with Crippen molar-refractivity contribution in [2.24, 2.45) is 4.99 Å². The van der Waals surface area contributed by atoms with Gasteiger partial charge in [0, 0.05) is 45.5 Å². The summed E-state index contributed by atoms with van der Waals surface area (Å²) in [5.41, 5.74) is 2.20. The summed E-state index contributed by atoms with van der Waals surface area (Å²) in [6, 6.07) is 16.0. The maximum Gasteiger partial charge on any atom is 0.195 e. The van der Waals surface area contributed by atoms with Crippen LogP contribution >= 0.6 is 0 Å². The summed E-state index contributed by atoms with van der Waals surface area (Å²) >= 11 is 0. The minimum absolute atomic E-state index is 0.633. The summed E-state index contributed by atoms with van der Waals surface area (Å²) in [6.45, 7) is 2.16. The van der Waals surface area contributed by atoms with Crippen molar-refractivity contribution in [1.82, 2.24) is 5.32 Å². The van der Waals surface area contributed by atoms with Crippen LogP contribution in [0.15, 0.2) is 53.5 Å². The van der Waals surface area contributed by atoms with Gasteiger partial charge in [0.15, 0.2) is 5.96 Å². The summed E-state index contributed by atoms with van der Waals surface area (Å²) in [5, 5.41) is 6.65. The highest BCUT2D eigenvalue weighted by molar-refractivity contribution is 5.93. The van der Waals surface area contributed by atoms with Crippen molar-refractivity contribution in [3.8, 4) is 11.5 Å². The number of aryl methyl sites for hydroxylation is 1. The number of ether oxygens (including phenoxy) is 3. The van der Waals surface area contributed by atoms with Gasteiger partial charge in [0.05, 0.1) is 13.7 Å². The van der Waals surface area contributed by atoms with Crippen LogP contribution in [-0.2, 0) is 11.2 Å². The first-order valence-corrected chi connectivity index (χ1v) is 9.57. The molecule has 0 saturated carbocycles. The first-order valence-electron chi connectivity index (χ1n) is 9.57. The third-order valence-electron chi connectivity index (χ3n) is 4.15. The Morgan fingerprint density at radius 3 is 2.57 bits per heavy atom. The Hall–Kier alpha value is -2.73. The number of methoxy groups -OCH3 is 2. The van der Waals surface area contributed by atoms with Crippen molar-refractivity contribution >= 4 is 11.6 Å². The highest BCUT2D eigenvalue weighted by atomic mass is 16.5. The van der Waals surface area contributed by atoms with E-state index in [2.05, 4.69) is 27.8 Å². The van der Waals surface area contributed by atoms with Crippen LogP contribution in [0.4, 0.5) is 5.69 Å². The van der Waals surface area contributed by atoms with Gasteiger partial charge in [0.2, 0.25) is 0 Å². The first-order chi connectivity index (χ1) is 13.7. The number of benzene rings is 2. The Kier molecular flexibility index (Phi) is 9.72. The van der Waals surface area contributed by atoms with Crippen LogP contribution in [0.2, 0.25) is 0 Å². The third-order valence-corrected chi connectivity index (χ3v) is 4.15. The standard InChI is InChI=1S/C22H31N3O3/c1-23-22(24-13-6-9-18-8-4-11-20(16-18)27-3)25-19-10-5-12-21(17-19)28-15-7-14-26-2/h4-5,8,10-12,16-17H,6-7,9,13-15H2,1-3H3,(H2,23,24,25). The predicted octanol–water partition coefficient (Wildman–Crippen LogP) is 3.73. The monoisotopic (exact) mass is 385 g/mol. The molecular formula is C22H31N3O3. The predicted molar refractivity (Wildman–Crippen MR) is 115 cm³/mol. The number of anilines is 1.